The van der Waals surface area contributed by atoms with Gasteiger partial charge in [-0.05, 0) is 55.7 Å². The highest BCUT2D eigenvalue weighted by molar-refractivity contribution is 7.91. The van der Waals surface area contributed by atoms with Crippen LogP contribution in [0.25, 0.3) is 0 Å². The standard InChI is InChI=1S/C25H22N2O4S/c1-16-5-4-6-17(13-16)15-27-21-14-18(24(28)26-19-10-11-19)9-12-23(21)32(30,31)22-8-3-2-7-20(22)25(27)29/h2-9,12-14,19H,10-11,15H2,1H3,(H,26,28). The summed E-state index contributed by atoms with van der Waals surface area (Å²) in [4.78, 5) is 27.7. The number of nitrogens with one attached hydrogen (secondary N) is 1. The molecule has 2 aliphatic rings. The van der Waals surface area contributed by atoms with Gasteiger partial charge < -0.3 is 10.2 Å². The summed E-state index contributed by atoms with van der Waals surface area (Å²) < 4.78 is 27.0. The van der Waals surface area contributed by atoms with E-state index in [-0.39, 0.29) is 39.5 Å². The van der Waals surface area contributed by atoms with Gasteiger partial charge in [-0.15, -0.1) is 0 Å². The molecule has 162 valence electrons. The van der Waals surface area contributed by atoms with Crippen molar-refractivity contribution in [2.24, 2.45) is 0 Å². The normalized spacial score (nSPS) is 16.7. The Bertz CT molecular complexity index is 1360. The fraction of sp³-hybridized carbons (Fsp3) is 0.200. The summed E-state index contributed by atoms with van der Waals surface area (Å²) in [5.74, 6) is -0.679. The van der Waals surface area contributed by atoms with Gasteiger partial charge in [0.05, 0.1) is 27.6 Å². The lowest BCUT2D eigenvalue weighted by Crippen LogP contribution is -2.31. The monoisotopic (exact) mass is 446 g/mol. The van der Waals surface area contributed by atoms with Crippen LogP contribution in [0.15, 0.2) is 76.5 Å². The maximum Gasteiger partial charge on any atom is 0.259 e. The summed E-state index contributed by atoms with van der Waals surface area (Å²) in [6.07, 6.45) is 1.89. The van der Waals surface area contributed by atoms with Gasteiger partial charge in [0.2, 0.25) is 9.84 Å². The molecule has 1 fully saturated rings. The predicted molar refractivity (Wildman–Crippen MR) is 121 cm³/mol. The zero-order valence-electron chi connectivity index (χ0n) is 17.5. The number of amides is 2. The van der Waals surface area contributed by atoms with Crippen LogP contribution in [0.2, 0.25) is 0 Å². The molecular formula is C25H22N2O4S. The zero-order chi connectivity index (χ0) is 22.5. The van der Waals surface area contributed by atoms with Gasteiger partial charge in [0.25, 0.3) is 11.8 Å². The Morgan fingerprint density at radius 2 is 1.78 bits per heavy atom. The number of nitrogens with zero attached hydrogens (tertiary/aromatic N) is 1. The van der Waals surface area contributed by atoms with Crippen molar-refractivity contribution in [2.75, 3.05) is 4.90 Å². The van der Waals surface area contributed by atoms with Crippen LogP contribution >= 0.6 is 0 Å². The van der Waals surface area contributed by atoms with Crippen LogP contribution < -0.4 is 10.2 Å². The summed E-state index contributed by atoms with van der Waals surface area (Å²) in [7, 11) is -3.95. The molecule has 1 N–H and O–H groups in total. The second-order valence-corrected chi connectivity index (χ2v) is 10.2. The van der Waals surface area contributed by atoms with Gasteiger partial charge in [0.1, 0.15) is 0 Å². The van der Waals surface area contributed by atoms with Gasteiger partial charge in [-0.2, -0.15) is 0 Å². The molecular weight excluding hydrogens is 424 g/mol. The fourth-order valence-electron chi connectivity index (χ4n) is 3.99. The summed E-state index contributed by atoms with van der Waals surface area (Å²) in [5.41, 5.74) is 2.58. The molecule has 2 amide bonds. The van der Waals surface area contributed by atoms with Crippen molar-refractivity contribution >= 4 is 27.3 Å². The van der Waals surface area contributed by atoms with Crippen LogP contribution in [0, 0.1) is 6.92 Å². The second-order valence-electron chi connectivity index (χ2n) is 8.31. The maximum atomic E-state index is 13.6. The number of sulfone groups is 1. The Hall–Kier alpha value is -3.45. The van der Waals surface area contributed by atoms with Crippen molar-refractivity contribution in [3.8, 4) is 0 Å². The van der Waals surface area contributed by atoms with Crippen LogP contribution in [0.4, 0.5) is 5.69 Å². The smallest absolute Gasteiger partial charge is 0.259 e. The number of anilines is 1. The van der Waals surface area contributed by atoms with Crippen LogP contribution in [0.5, 0.6) is 0 Å². The predicted octanol–water partition coefficient (Wildman–Crippen LogP) is 3.88. The van der Waals surface area contributed by atoms with Gasteiger partial charge in [-0.3, -0.25) is 9.59 Å². The van der Waals surface area contributed by atoms with Crippen molar-refractivity contribution in [3.63, 3.8) is 0 Å². The minimum Gasteiger partial charge on any atom is -0.349 e. The first-order chi connectivity index (χ1) is 15.3. The highest BCUT2D eigenvalue weighted by atomic mass is 32.2. The largest absolute Gasteiger partial charge is 0.349 e. The molecule has 0 spiro atoms. The summed E-state index contributed by atoms with van der Waals surface area (Å²) >= 11 is 0. The summed E-state index contributed by atoms with van der Waals surface area (Å²) in [6, 6.07) is 18.6. The van der Waals surface area contributed by atoms with Gasteiger partial charge >= 0.3 is 0 Å². The average molecular weight is 447 g/mol. The Labute approximate surface area is 186 Å². The third-order valence-electron chi connectivity index (χ3n) is 5.79. The molecule has 1 saturated carbocycles. The third-order valence-corrected chi connectivity index (χ3v) is 7.65. The Kier molecular flexibility index (Phi) is 4.86. The highest BCUT2D eigenvalue weighted by Gasteiger charge is 2.36. The molecule has 0 aromatic heterocycles. The van der Waals surface area contributed by atoms with E-state index in [1.807, 2.05) is 31.2 Å². The van der Waals surface area contributed by atoms with Crippen molar-refractivity contribution < 1.29 is 18.0 Å². The van der Waals surface area contributed by atoms with E-state index >= 15 is 0 Å². The number of carbonyl (C=O) groups excluding carboxylic acids is 2. The van der Waals surface area contributed by atoms with Crippen LogP contribution in [-0.2, 0) is 16.4 Å². The van der Waals surface area contributed by atoms with Gasteiger partial charge in [-0.25, -0.2) is 8.42 Å². The molecule has 7 heteroatoms. The minimum atomic E-state index is -3.95. The summed E-state index contributed by atoms with van der Waals surface area (Å²) in [6.45, 7) is 2.15. The Morgan fingerprint density at radius 3 is 2.53 bits per heavy atom. The number of rotatable bonds is 4. The molecule has 0 saturated heterocycles. The molecule has 0 atom stereocenters. The Balaban J connectivity index is 1.69. The van der Waals surface area contributed by atoms with Crippen molar-refractivity contribution in [1.82, 2.24) is 5.32 Å². The molecule has 0 radical (unpaired) electrons. The SMILES string of the molecule is Cc1cccc(CN2C(=O)c3ccccc3S(=O)(=O)c3ccc(C(=O)NC4CC4)cc32)c1. The molecule has 6 nitrogen and oxygen atoms in total. The van der Waals surface area contributed by atoms with E-state index in [0.29, 0.717) is 5.56 Å². The van der Waals surface area contributed by atoms with E-state index in [1.165, 1.54) is 35.2 Å². The van der Waals surface area contributed by atoms with Crippen molar-refractivity contribution in [3.05, 3.63) is 89.0 Å². The van der Waals surface area contributed by atoms with E-state index < -0.39 is 15.7 Å². The molecule has 1 heterocycles. The molecule has 0 unspecified atom stereocenters. The third kappa shape index (κ3) is 3.58. The first-order valence-corrected chi connectivity index (χ1v) is 12.0. The first kappa shape index (κ1) is 20.5. The number of hydrogen-bond donors (Lipinski definition) is 1. The molecule has 1 aliphatic heterocycles. The molecule has 0 bridgehead atoms. The first-order valence-electron chi connectivity index (χ1n) is 10.5. The van der Waals surface area contributed by atoms with Crippen molar-refractivity contribution in [1.29, 1.82) is 0 Å². The number of hydrogen-bond acceptors (Lipinski definition) is 4. The Morgan fingerprint density at radius 1 is 1.00 bits per heavy atom. The van der Waals surface area contributed by atoms with Gasteiger partial charge in [0.15, 0.2) is 0 Å². The lowest BCUT2D eigenvalue weighted by molar-refractivity contribution is 0.0947. The fourth-order valence-corrected chi connectivity index (χ4v) is 5.63. The molecule has 3 aromatic rings. The lowest BCUT2D eigenvalue weighted by Gasteiger charge is -2.23. The topological polar surface area (TPSA) is 83.6 Å². The van der Waals surface area contributed by atoms with Crippen molar-refractivity contribution in [2.45, 2.75) is 42.1 Å². The van der Waals surface area contributed by atoms with E-state index in [0.717, 1.165) is 24.0 Å². The molecule has 5 rings (SSSR count). The zero-order valence-corrected chi connectivity index (χ0v) is 18.4. The van der Waals surface area contributed by atoms with Crippen LogP contribution in [0.3, 0.4) is 0 Å². The molecule has 32 heavy (non-hydrogen) atoms. The van der Waals surface area contributed by atoms with Gasteiger partial charge in [0, 0.05) is 11.6 Å². The average Bonchev–Trinajstić information content (AvgIpc) is 3.60. The minimum absolute atomic E-state index is 0.0198. The maximum absolute atomic E-state index is 13.6. The summed E-state index contributed by atoms with van der Waals surface area (Å²) in [5, 5.41) is 2.92. The van der Waals surface area contributed by atoms with E-state index in [4.69, 9.17) is 0 Å². The number of benzene rings is 3. The van der Waals surface area contributed by atoms with E-state index in [9.17, 15) is 18.0 Å². The van der Waals surface area contributed by atoms with Crippen LogP contribution in [-0.4, -0.2) is 26.3 Å². The van der Waals surface area contributed by atoms with E-state index in [2.05, 4.69) is 5.32 Å². The number of fused-ring (bicyclic) bond motifs is 2. The molecule has 3 aromatic carbocycles. The second kappa shape index (κ2) is 7.60. The van der Waals surface area contributed by atoms with Crippen LogP contribution in [0.1, 0.15) is 44.7 Å². The van der Waals surface area contributed by atoms with E-state index in [1.54, 1.807) is 12.1 Å². The molecule has 1 aliphatic carbocycles. The van der Waals surface area contributed by atoms with Gasteiger partial charge in [-0.1, -0.05) is 42.0 Å². The number of carbonyl (C=O) groups is 2. The lowest BCUT2D eigenvalue weighted by atomic mass is 10.1. The quantitative estimate of drug-likeness (QED) is 0.659. The highest BCUT2D eigenvalue weighted by Crippen LogP contribution is 2.38. The number of aryl methyl sites for hydroxylation is 1.